The number of benzene rings is 2. The zero-order valence-corrected chi connectivity index (χ0v) is 15.9. The van der Waals surface area contributed by atoms with Crippen LogP contribution in [-0.4, -0.2) is 28.7 Å². The summed E-state index contributed by atoms with van der Waals surface area (Å²) in [5, 5.41) is 22.2. The Labute approximate surface area is 163 Å². The number of ether oxygens (including phenoxy) is 1. The van der Waals surface area contributed by atoms with Crippen LogP contribution in [0.2, 0.25) is 0 Å². The van der Waals surface area contributed by atoms with Crippen LogP contribution in [-0.2, 0) is 19.7 Å². The lowest BCUT2D eigenvalue weighted by atomic mass is 9.94. The highest BCUT2D eigenvalue weighted by Gasteiger charge is 2.51. The number of anilines is 1. The highest BCUT2D eigenvalue weighted by molar-refractivity contribution is 6.01. The minimum atomic E-state index is -0.697. The Morgan fingerprint density at radius 3 is 2.54 bits per heavy atom. The van der Waals surface area contributed by atoms with Gasteiger partial charge >= 0.3 is 5.97 Å². The second-order valence-electron chi connectivity index (χ2n) is 6.90. The number of carbonyl (C=O) groups is 2. The van der Waals surface area contributed by atoms with E-state index in [1.165, 1.54) is 18.2 Å². The average molecular weight is 381 g/mol. The first-order valence-corrected chi connectivity index (χ1v) is 9.15. The molecule has 2 aromatic carbocycles. The maximum absolute atomic E-state index is 12.9. The molecule has 6 nitrogen and oxygen atoms in total. The molecule has 3 N–H and O–H groups in total. The number of carbonyl (C=O) groups excluding carboxylic acids is 2. The van der Waals surface area contributed by atoms with Crippen molar-refractivity contribution < 1.29 is 24.5 Å². The van der Waals surface area contributed by atoms with Crippen LogP contribution in [0.3, 0.4) is 0 Å². The SMILES string of the molecule is CCOC(=O)/C=C/c1cc(NC(=O)C2(c3ccc(O)c(O)c3)CC2)ccc1C. The van der Waals surface area contributed by atoms with Gasteiger partial charge in [0.2, 0.25) is 5.91 Å². The van der Waals surface area contributed by atoms with Gasteiger partial charge < -0.3 is 20.3 Å². The number of aromatic hydroxyl groups is 2. The van der Waals surface area contributed by atoms with E-state index in [-0.39, 0.29) is 17.4 Å². The van der Waals surface area contributed by atoms with Gasteiger partial charge in [-0.05, 0) is 73.7 Å². The highest BCUT2D eigenvalue weighted by Crippen LogP contribution is 2.50. The summed E-state index contributed by atoms with van der Waals surface area (Å²) in [5.74, 6) is -1.03. The Balaban J connectivity index is 1.78. The first-order valence-electron chi connectivity index (χ1n) is 9.15. The number of hydrogen-bond acceptors (Lipinski definition) is 5. The van der Waals surface area contributed by atoms with Crippen LogP contribution >= 0.6 is 0 Å². The molecular weight excluding hydrogens is 358 g/mol. The van der Waals surface area contributed by atoms with Crippen molar-refractivity contribution in [2.75, 3.05) is 11.9 Å². The lowest BCUT2D eigenvalue weighted by Gasteiger charge is -2.17. The third-order valence-corrected chi connectivity index (χ3v) is 4.94. The number of nitrogens with one attached hydrogen (secondary N) is 1. The molecule has 0 atom stereocenters. The Morgan fingerprint density at radius 1 is 1.14 bits per heavy atom. The summed E-state index contributed by atoms with van der Waals surface area (Å²) in [5.41, 5.74) is 2.36. The lowest BCUT2D eigenvalue weighted by molar-refractivity contribution is -0.137. The number of hydrogen-bond donors (Lipinski definition) is 3. The molecule has 28 heavy (non-hydrogen) atoms. The number of esters is 1. The van der Waals surface area contributed by atoms with E-state index in [2.05, 4.69) is 5.32 Å². The Bertz CT molecular complexity index is 944. The molecule has 146 valence electrons. The van der Waals surface area contributed by atoms with Crippen molar-refractivity contribution in [1.29, 1.82) is 0 Å². The second kappa shape index (κ2) is 7.76. The van der Waals surface area contributed by atoms with Gasteiger partial charge in [0, 0.05) is 11.8 Å². The van der Waals surface area contributed by atoms with Crippen LogP contribution in [0.15, 0.2) is 42.5 Å². The molecule has 6 heteroatoms. The second-order valence-corrected chi connectivity index (χ2v) is 6.90. The third-order valence-electron chi connectivity index (χ3n) is 4.94. The van der Waals surface area contributed by atoms with Gasteiger partial charge in [0.15, 0.2) is 11.5 Å². The molecule has 1 amide bonds. The first-order chi connectivity index (χ1) is 13.4. The summed E-state index contributed by atoms with van der Waals surface area (Å²) >= 11 is 0. The molecule has 0 unspecified atom stereocenters. The molecule has 1 fully saturated rings. The molecule has 0 aromatic heterocycles. The molecule has 0 aliphatic heterocycles. The van der Waals surface area contributed by atoms with Gasteiger partial charge in [0.05, 0.1) is 12.0 Å². The molecule has 0 saturated heterocycles. The van der Waals surface area contributed by atoms with Gasteiger partial charge in [-0.25, -0.2) is 4.79 Å². The fourth-order valence-electron chi connectivity index (χ4n) is 3.09. The molecule has 0 radical (unpaired) electrons. The van der Waals surface area contributed by atoms with Crippen molar-refractivity contribution in [2.45, 2.75) is 32.1 Å². The normalized spacial score (nSPS) is 14.6. The van der Waals surface area contributed by atoms with Gasteiger partial charge in [-0.15, -0.1) is 0 Å². The standard InChI is InChI=1S/C22H23NO5/c1-3-28-20(26)9-5-15-12-17(7-4-14(15)2)23-21(27)22(10-11-22)16-6-8-18(24)19(25)13-16/h4-9,12-13,24-25H,3,10-11H2,1-2H3,(H,23,27)/b9-5+. The van der Waals surface area contributed by atoms with Crippen molar-refractivity contribution >= 4 is 23.6 Å². The smallest absolute Gasteiger partial charge is 0.330 e. The van der Waals surface area contributed by atoms with Gasteiger partial charge in [0.25, 0.3) is 0 Å². The number of rotatable bonds is 6. The minimum absolute atomic E-state index is 0.165. The van der Waals surface area contributed by atoms with E-state index in [0.717, 1.165) is 11.1 Å². The van der Waals surface area contributed by atoms with E-state index >= 15 is 0 Å². The summed E-state index contributed by atoms with van der Waals surface area (Å²) in [6.45, 7) is 3.97. The van der Waals surface area contributed by atoms with E-state index in [4.69, 9.17) is 4.74 Å². The van der Waals surface area contributed by atoms with Gasteiger partial charge in [-0.2, -0.15) is 0 Å². The van der Waals surface area contributed by atoms with Crippen LogP contribution in [0.1, 0.15) is 36.5 Å². The predicted molar refractivity (Wildman–Crippen MR) is 106 cm³/mol. The number of phenols is 2. The summed E-state index contributed by atoms with van der Waals surface area (Å²) in [4.78, 5) is 24.4. The van der Waals surface area contributed by atoms with Crippen LogP contribution in [0.5, 0.6) is 11.5 Å². The average Bonchev–Trinajstić information content (AvgIpc) is 3.46. The third kappa shape index (κ3) is 4.01. The topological polar surface area (TPSA) is 95.9 Å². The molecular formula is C22H23NO5. The summed E-state index contributed by atoms with van der Waals surface area (Å²) in [6, 6.07) is 9.95. The quantitative estimate of drug-likeness (QED) is 0.403. The van der Waals surface area contributed by atoms with E-state index in [1.807, 2.05) is 13.0 Å². The molecule has 0 spiro atoms. The predicted octanol–water partition coefficient (Wildman–Crippen LogP) is 3.65. The van der Waals surface area contributed by atoms with Crippen LogP contribution in [0.4, 0.5) is 5.69 Å². The highest BCUT2D eigenvalue weighted by atomic mass is 16.5. The molecule has 1 aliphatic carbocycles. The Hall–Kier alpha value is -3.28. The summed E-state index contributed by atoms with van der Waals surface area (Å²) in [7, 11) is 0. The molecule has 0 bridgehead atoms. The molecule has 1 aliphatic rings. The lowest BCUT2D eigenvalue weighted by Crippen LogP contribution is -2.27. The molecule has 1 saturated carbocycles. The fourth-order valence-corrected chi connectivity index (χ4v) is 3.09. The van der Waals surface area contributed by atoms with Crippen molar-refractivity contribution in [2.24, 2.45) is 0 Å². The fraction of sp³-hybridized carbons (Fsp3) is 0.273. The minimum Gasteiger partial charge on any atom is -0.504 e. The van der Waals surface area contributed by atoms with Crippen LogP contribution < -0.4 is 5.32 Å². The van der Waals surface area contributed by atoms with E-state index in [1.54, 1.807) is 31.2 Å². The number of amides is 1. The van der Waals surface area contributed by atoms with E-state index < -0.39 is 11.4 Å². The van der Waals surface area contributed by atoms with Crippen molar-refractivity contribution in [3.05, 3.63) is 59.2 Å². The van der Waals surface area contributed by atoms with Crippen LogP contribution in [0.25, 0.3) is 6.08 Å². The van der Waals surface area contributed by atoms with Crippen molar-refractivity contribution in [3.8, 4) is 11.5 Å². The number of aryl methyl sites for hydroxylation is 1. The zero-order chi connectivity index (χ0) is 20.3. The van der Waals surface area contributed by atoms with Gasteiger partial charge in [-0.1, -0.05) is 12.1 Å². The van der Waals surface area contributed by atoms with Crippen molar-refractivity contribution in [1.82, 2.24) is 0 Å². The van der Waals surface area contributed by atoms with Gasteiger partial charge in [0.1, 0.15) is 0 Å². The largest absolute Gasteiger partial charge is 0.504 e. The van der Waals surface area contributed by atoms with Gasteiger partial charge in [-0.3, -0.25) is 4.79 Å². The van der Waals surface area contributed by atoms with Crippen LogP contribution in [0, 0.1) is 6.92 Å². The molecule has 3 rings (SSSR count). The zero-order valence-electron chi connectivity index (χ0n) is 15.9. The first kappa shape index (κ1) is 19.5. The summed E-state index contributed by atoms with van der Waals surface area (Å²) in [6.07, 6.45) is 4.36. The monoisotopic (exact) mass is 381 g/mol. The molecule has 0 heterocycles. The summed E-state index contributed by atoms with van der Waals surface area (Å²) < 4.78 is 4.88. The Morgan fingerprint density at radius 2 is 1.89 bits per heavy atom. The van der Waals surface area contributed by atoms with E-state index in [9.17, 15) is 19.8 Å². The number of phenolic OH excluding ortho intramolecular Hbond substituents is 2. The molecule has 2 aromatic rings. The maximum Gasteiger partial charge on any atom is 0.330 e. The maximum atomic E-state index is 12.9. The Kier molecular flexibility index (Phi) is 5.40. The van der Waals surface area contributed by atoms with Crippen molar-refractivity contribution in [3.63, 3.8) is 0 Å². The van der Waals surface area contributed by atoms with E-state index in [0.29, 0.717) is 30.7 Å².